The molecule has 2 heterocycles. The molecule has 1 aliphatic heterocycles. The van der Waals surface area contributed by atoms with E-state index in [0.29, 0.717) is 16.6 Å². The molecule has 0 fully saturated rings. The number of aromatic nitrogens is 1. The molecule has 1 aromatic heterocycles. The summed E-state index contributed by atoms with van der Waals surface area (Å²) in [5, 5.41) is 1.90. The van der Waals surface area contributed by atoms with Gasteiger partial charge in [0.15, 0.2) is 0 Å². The molecular weight excluding hydrogens is 190 g/mol. The minimum atomic E-state index is 0.352. The highest BCUT2D eigenvalue weighted by Crippen LogP contribution is 2.50. The molecule has 0 radical (unpaired) electrons. The molecule has 0 aromatic carbocycles. The zero-order valence-electron chi connectivity index (χ0n) is 9.24. The van der Waals surface area contributed by atoms with Crippen LogP contribution in [0.3, 0.4) is 0 Å². The third kappa shape index (κ3) is 1.56. The molecule has 0 amide bonds. The van der Waals surface area contributed by atoms with Crippen molar-refractivity contribution < 1.29 is 0 Å². The lowest BCUT2D eigenvalue weighted by atomic mass is 9.82. The minimum absolute atomic E-state index is 0.352. The number of hydrogen-bond donors (Lipinski definition) is 0. The summed E-state index contributed by atoms with van der Waals surface area (Å²) in [6.07, 6.45) is 1.89. The molecule has 2 atom stereocenters. The molecule has 0 N–H and O–H groups in total. The van der Waals surface area contributed by atoms with E-state index in [4.69, 9.17) is 0 Å². The van der Waals surface area contributed by atoms with E-state index in [0.717, 1.165) is 0 Å². The van der Waals surface area contributed by atoms with Crippen LogP contribution in [0.5, 0.6) is 0 Å². The quantitative estimate of drug-likeness (QED) is 0.643. The van der Waals surface area contributed by atoms with Crippen molar-refractivity contribution in [3.63, 3.8) is 0 Å². The monoisotopic (exact) mass is 207 g/mol. The zero-order valence-corrected chi connectivity index (χ0v) is 10.1. The van der Waals surface area contributed by atoms with Crippen LogP contribution in [0.4, 0.5) is 0 Å². The molecule has 0 aliphatic carbocycles. The maximum absolute atomic E-state index is 4.44. The molecular formula is C12H17NS. The Hall–Kier alpha value is -0.500. The van der Waals surface area contributed by atoms with E-state index in [1.807, 2.05) is 24.0 Å². The molecule has 0 spiro atoms. The van der Waals surface area contributed by atoms with Crippen LogP contribution in [0.15, 0.2) is 23.4 Å². The fourth-order valence-corrected chi connectivity index (χ4v) is 3.62. The van der Waals surface area contributed by atoms with Gasteiger partial charge in [0.1, 0.15) is 0 Å². The number of hydrogen-bond acceptors (Lipinski definition) is 2. The second-order valence-corrected chi connectivity index (χ2v) is 6.22. The van der Waals surface area contributed by atoms with E-state index in [2.05, 4.69) is 38.7 Å². The molecule has 2 rings (SSSR count). The maximum atomic E-state index is 4.44. The second-order valence-electron chi connectivity index (χ2n) is 5.09. The fourth-order valence-electron chi connectivity index (χ4n) is 2.16. The summed E-state index contributed by atoms with van der Waals surface area (Å²) < 4.78 is 0. The Balaban J connectivity index is 2.35. The standard InChI is InChI=1S/C12H17NS/c1-8-9-6-5-7-13-11(9)14-10(8)12(2,3)4/h5-8,10H,1-4H3. The van der Waals surface area contributed by atoms with Crippen LogP contribution in [0.1, 0.15) is 39.2 Å². The van der Waals surface area contributed by atoms with Gasteiger partial charge in [-0.05, 0) is 23.0 Å². The van der Waals surface area contributed by atoms with Gasteiger partial charge >= 0.3 is 0 Å². The predicted octanol–water partition coefficient (Wildman–Crippen LogP) is 3.71. The summed E-state index contributed by atoms with van der Waals surface area (Å²) in [5.74, 6) is 0.628. The largest absolute Gasteiger partial charge is 0.250 e. The summed E-state index contributed by atoms with van der Waals surface area (Å²) in [5.41, 5.74) is 1.78. The highest BCUT2D eigenvalue weighted by molar-refractivity contribution is 8.00. The van der Waals surface area contributed by atoms with Gasteiger partial charge in [-0.3, -0.25) is 0 Å². The SMILES string of the molecule is CC1c2cccnc2SC1C(C)(C)C. The Morgan fingerprint density at radius 3 is 2.64 bits per heavy atom. The summed E-state index contributed by atoms with van der Waals surface area (Å²) >= 11 is 1.94. The van der Waals surface area contributed by atoms with Gasteiger partial charge in [-0.25, -0.2) is 4.98 Å². The van der Waals surface area contributed by atoms with Gasteiger partial charge in [0, 0.05) is 11.4 Å². The number of pyridine rings is 1. The highest BCUT2D eigenvalue weighted by atomic mass is 32.2. The molecule has 1 aromatic rings. The van der Waals surface area contributed by atoms with E-state index in [9.17, 15) is 0 Å². The predicted molar refractivity (Wildman–Crippen MR) is 61.8 cm³/mol. The molecule has 1 nitrogen and oxygen atoms in total. The first kappa shape index (κ1) is 10.0. The fraction of sp³-hybridized carbons (Fsp3) is 0.583. The van der Waals surface area contributed by atoms with Gasteiger partial charge < -0.3 is 0 Å². The number of nitrogens with zero attached hydrogens (tertiary/aromatic N) is 1. The molecule has 2 unspecified atom stereocenters. The lowest BCUT2D eigenvalue weighted by molar-refractivity contribution is 0.368. The lowest BCUT2D eigenvalue weighted by Crippen LogP contribution is -2.25. The highest BCUT2D eigenvalue weighted by Gasteiger charge is 2.38. The van der Waals surface area contributed by atoms with Crippen LogP contribution < -0.4 is 0 Å². The number of thioether (sulfide) groups is 1. The van der Waals surface area contributed by atoms with Crippen LogP contribution in [0.25, 0.3) is 0 Å². The van der Waals surface area contributed by atoms with E-state index in [-0.39, 0.29) is 0 Å². The van der Waals surface area contributed by atoms with E-state index >= 15 is 0 Å². The molecule has 2 heteroatoms. The van der Waals surface area contributed by atoms with Crippen LogP contribution in [-0.4, -0.2) is 10.2 Å². The summed E-state index contributed by atoms with van der Waals surface area (Å²) in [6, 6.07) is 4.26. The Morgan fingerprint density at radius 1 is 1.36 bits per heavy atom. The van der Waals surface area contributed by atoms with E-state index in [1.165, 1.54) is 10.6 Å². The Bertz CT molecular complexity index is 340. The van der Waals surface area contributed by atoms with Gasteiger partial charge in [0.2, 0.25) is 0 Å². The Morgan fingerprint density at radius 2 is 2.07 bits per heavy atom. The lowest BCUT2D eigenvalue weighted by Gasteiger charge is -2.29. The van der Waals surface area contributed by atoms with Crippen molar-refractivity contribution in [1.29, 1.82) is 0 Å². The van der Waals surface area contributed by atoms with Crippen molar-refractivity contribution in [2.75, 3.05) is 0 Å². The van der Waals surface area contributed by atoms with Crippen molar-refractivity contribution in [3.05, 3.63) is 23.9 Å². The molecule has 0 bridgehead atoms. The topological polar surface area (TPSA) is 12.9 Å². The number of fused-ring (bicyclic) bond motifs is 1. The smallest absolute Gasteiger partial charge is 0.0998 e. The third-order valence-electron chi connectivity index (χ3n) is 2.84. The normalized spacial score (nSPS) is 26.3. The average molecular weight is 207 g/mol. The van der Waals surface area contributed by atoms with Crippen molar-refractivity contribution >= 4 is 11.8 Å². The van der Waals surface area contributed by atoms with Crippen LogP contribution in [0.2, 0.25) is 0 Å². The van der Waals surface area contributed by atoms with Crippen LogP contribution in [0, 0.1) is 5.41 Å². The molecule has 0 saturated carbocycles. The van der Waals surface area contributed by atoms with E-state index < -0.39 is 0 Å². The zero-order chi connectivity index (χ0) is 10.3. The Labute approximate surface area is 90.3 Å². The van der Waals surface area contributed by atoms with Crippen LogP contribution >= 0.6 is 11.8 Å². The van der Waals surface area contributed by atoms with Crippen LogP contribution in [-0.2, 0) is 0 Å². The minimum Gasteiger partial charge on any atom is -0.250 e. The maximum Gasteiger partial charge on any atom is 0.0998 e. The van der Waals surface area contributed by atoms with Crippen molar-refractivity contribution in [2.24, 2.45) is 5.41 Å². The molecule has 1 aliphatic rings. The van der Waals surface area contributed by atoms with Gasteiger partial charge in [-0.15, -0.1) is 11.8 Å². The van der Waals surface area contributed by atoms with Crippen molar-refractivity contribution in [1.82, 2.24) is 4.98 Å². The third-order valence-corrected chi connectivity index (χ3v) is 4.77. The first-order chi connectivity index (χ1) is 6.50. The molecule has 14 heavy (non-hydrogen) atoms. The first-order valence-corrected chi connectivity index (χ1v) is 5.99. The summed E-state index contributed by atoms with van der Waals surface area (Å²) in [4.78, 5) is 4.44. The van der Waals surface area contributed by atoms with Crippen molar-refractivity contribution in [3.8, 4) is 0 Å². The second kappa shape index (κ2) is 3.27. The van der Waals surface area contributed by atoms with E-state index in [1.54, 1.807) is 0 Å². The van der Waals surface area contributed by atoms with Gasteiger partial charge in [-0.2, -0.15) is 0 Å². The van der Waals surface area contributed by atoms with Gasteiger partial charge in [-0.1, -0.05) is 33.8 Å². The van der Waals surface area contributed by atoms with Gasteiger partial charge in [0.05, 0.1) is 5.03 Å². The molecule has 76 valence electrons. The molecule has 0 saturated heterocycles. The Kier molecular flexibility index (Phi) is 2.34. The first-order valence-electron chi connectivity index (χ1n) is 5.12. The summed E-state index contributed by atoms with van der Waals surface area (Å²) in [6.45, 7) is 9.25. The van der Waals surface area contributed by atoms with Crippen molar-refractivity contribution in [2.45, 2.75) is 43.9 Å². The van der Waals surface area contributed by atoms with Gasteiger partial charge in [0.25, 0.3) is 0 Å². The number of rotatable bonds is 0. The summed E-state index contributed by atoms with van der Waals surface area (Å²) in [7, 11) is 0. The average Bonchev–Trinajstić information content (AvgIpc) is 2.44.